The van der Waals surface area contributed by atoms with Gasteiger partial charge in [0, 0.05) is 31.6 Å². The second-order valence-electron chi connectivity index (χ2n) is 6.72. The number of amides is 2. The fourth-order valence-electron chi connectivity index (χ4n) is 3.10. The van der Waals surface area contributed by atoms with Crippen molar-refractivity contribution in [2.75, 3.05) is 31.6 Å². The molecule has 1 aliphatic heterocycles. The fraction of sp³-hybridized carbons (Fsp3) is 0.364. The molecule has 5 heteroatoms. The number of morpholine rings is 1. The molecule has 2 amide bonds. The van der Waals surface area contributed by atoms with Crippen molar-refractivity contribution in [2.45, 2.75) is 25.7 Å². The number of anilines is 1. The van der Waals surface area contributed by atoms with Gasteiger partial charge in [0.1, 0.15) is 0 Å². The van der Waals surface area contributed by atoms with E-state index in [0.717, 1.165) is 23.2 Å². The van der Waals surface area contributed by atoms with E-state index in [9.17, 15) is 9.59 Å². The van der Waals surface area contributed by atoms with Crippen LogP contribution in [0.15, 0.2) is 54.6 Å². The number of benzene rings is 2. The van der Waals surface area contributed by atoms with E-state index < -0.39 is 0 Å². The monoisotopic (exact) mass is 366 g/mol. The summed E-state index contributed by atoms with van der Waals surface area (Å²) < 4.78 is 5.27. The molecule has 1 saturated heterocycles. The van der Waals surface area contributed by atoms with Gasteiger partial charge in [-0.15, -0.1) is 0 Å². The van der Waals surface area contributed by atoms with Crippen molar-refractivity contribution in [1.82, 2.24) is 4.90 Å². The maximum atomic E-state index is 12.2. The fourth-order valence-corrected chi connectivity index (χ4v) is 3.10. The van der Waals surface area contributed by atoms with Crippen LogP contribution in [0.3, 0.4) is 0 Å². The number of hydrogen-bond donors (Lipinski definition) is 1. The lowest BCUT2D eigenvalue weighted by molar-refractivity contribution is -0.135. The van der Waals surface area contributed by atoms with Gasteiger partial charge in [-0.05, 0) is 36.1 Å². The lowest BCUT2D eigenvalue weighted by Gasteiger charge is -2.26. The van der Waals surface area contributed by atoms with E-state index in [1.54, 1.807) is 0 Å². The minimum Gasteiger partial charge on any atom is -0.378 e. The SMILES string of the molecule is O=C(CCc1ccccc1)Nc1ccc(CCC(=O)N2CCOCC2)cc1. The summed E-state index contributed by atoms with van der Waals surface area (Å²) in [6, 6.07) is 17.7. The minimum atomic E-state index is 0.00842. The molecule has 1 heterocycles. The molecule has 0 atom stereocenters. The minimum absolute atomic E-state index is 0.00842. The molecule has 0 spiro atoms. The summed E-state index contributed by atoms with van der Waals surface area (Å²) in [5, 5.41) is 2.93. The highest BCUT2D eigenvalue weighted by molar-refractivity contribution is 5.90. The zero-order chi connectivity index (χ0) is 18.9. The summed E-state index contributed by atoms with van der Waals surface area (Å²) in [4.78, 5) is 26.1. The molecule has 0 saturated carbocycles. The first kappa shape index (κ1) is 19.1. The summed E-state index contributed by atoms with van der Waals surface area (Å²) in [5.41, 5.74) is 3.04. The number of carbonyl (C=O) groups excluding carboxylic acids is 2. The standard InChI is InChI=1S/C22H26N2O3/c25-21(12-8-18-4-2-1-3-5-18)23-20-10-6-19(7-11-20)9-13-22(26)24-14-16-27-17-15-24/h1-7,10-11H,8-9,12-17H2,(H,23,25). The lowest BCUT2D eigenvalue weighted by Crippen LogP contribution is -2.40. The van der Waals surface area contributed by atoms with Crippen molar-refractivity contribution in [3.63, 3.8) is 0 Å². The van der Waals surface area contributed by atoms with E-state index in [0.29, 0.717) is 45.6 Å². The summed E-state index contributed by atoms with van der Waals surface area (Å²) in [6.07, 6.45) is 2.40. The zero-order valence-corrected chi connectivity index (χ0v) is 15.5. The van der Waals surface area contributed by atoms with E-state index in [4.69, 9.17) is 4.74 Å². The van der Waals surface area contributed by atoms with Crippen LogP contribution in [0.5, 0.6) is 0 Å². The first-order valence-electron chi connectivity index (χ1n) is 9.49. The number of carbonyl (C=O) groups is 2. The van der Waals surface area contributed by atoms with Gasteiger partial charge in [-0.1, -0.05) is 42.5 Å². The van der Waals surface area contributed by atoms with Crippen molar-refractivity contribution in [3.8, 4) is 0 Å². The molecule has 27 heavy (non-hydrogen) atoms. The largest absolute Gasteiger partial charge is 0.378 e. The van der Waals surface area contributed by atoms with Gasteiger partial charge < -0.3 is 15.0 Å². The van der Waals surface area contributed by atoms with Crippen molar-refractivity contribution >= 4 is 17.5 Å². The predicted molar refractivity (Wildman–Crippen MR) is 106 cm³/mol. The Morgan fingerprint density at radius 3 is 2.19 bits per heavy atom. The van der Waals surface area contributed by atoms with Gasteiger partial charge in [0.15, 0.2) is 0 Å². The Hall–Kier alpha value is -2.66. The number of ether oxygens (including phenoxy) is 1. The molecule has 0 unspecified atom stereocenters. The van der Waals surface area contributed by atoms with Gasteiger partial charge in [0.25, 0.3) is 0 Å². The Labute approximate surface area is 160 Å². The van der Waals surface area contributed by atoms with E-state index in [1.165, 1.54) is 0 Å². The van der Waals surface area contributed by atoms with Crippen LogP contribution in [0.25, 0.3) is 0 Å². The Morgan fingerprint density at radius 1 is 0.852 bits per heavy atom. The molecular weight excluding hydrogens is 340 g/mol. The number of aryl methyl sites for hydroxylation is 2. The lowest BCUT2D eigenvalue weighted by atomic mass is 10.1. The molecule has 0 bridgehead atoms. The quantitative estimate of drug-likeness (QED) is 0.819. The first-order chi connectivity index (χ1) is 13.2. The molecular formula is C22H26N2O3. The van der Waals surface area contributed by atoms with Crippen molar-refractivity contribution in [3.05, 3.63) is 65.7 Å². The summed E-state index contributed by atoms with van der Waals surface area (Å²) in [5.74, 6) is 0.186. The third-order valence-corrected chi connectivity index (χ3v) is 4.71. The summed E-state index contributed by atoms with van der Waals surface area (Å²) >= 11 is 0. The van der Waals surface area contributed by atoms with Crippen LogP contribution in [0.1, 0.15) is 24.0 Å². The summed E-state index contributed by atoms with van der Waals surface area (Å²) in [6.45, 7) is 2.63. The molecule has 0 aromatic heterocycles. The first-order valence-corrected chi connectivity index (χ1v) is 9.49. The molecule has 142 valence electrons. The zero-order valence-electron chi connectivity index (χ0n) is 15.5. The van der Waals surface area contributed by atoms with Gasteiger partial charge in [-0.25, -0.2) is 0 Å². The average molecular weight is 366 g/mol. The average Bonchev–Trinajstić information content (AvgIpc) is 2.73. The van der Waals surface area contributed by atoms with E-state index in [2.05, 4.69) is 5.32 Å². The number of nitrogens with zero attached hydrogens (tertiary/aromatic N) is 1. The van der Waals surface area contributed by atoms with Crippen molar-refractivity contribution in [1.29, 1.82) is 0 Å². The third kappa shape index (κ3) is 6.22. The molecule has 1 N–H and O–H groups in total. The maximum Gasteiger partial charge on any atom is 0.224 e. The van der Waals surface area contributed by atoms with Crippen LogP contribution in [-0.2, 0) is 27.2 Å². The molecule has 0 aliphatic carbocycles. The van der Waals surface area contributed by atoms with Crippen LogP contribution >= 0.6 is 0 Å². The van der Waals surface area contributed by atoms with Crippen LogP contribution in [0.4, 0.5) is 5.69 Å². The van der Waals surface area contributed by atoms with Crippen LogP contribution in [0, 0.1) is 0 Å². The maximum absolute atomic E-state index is 12.2. The molecule has 1 aliphatic rings. The highest BCUT2D eigenvalue weighted by atomic mass is 16.5. The molecule has 2 aromatic rings. The highest BCUT2D eigenvalue weighted by Gasteiger charge is 2.16. The van der Waals surface area contributed by atoms with Gasteiger partial charge in [0.05, 0.1) is 13.2 Å². The molecule has 1 fully saturated rings. The van der Waals surface area contributed by atoms with E-state index >= 15 is 0 Å². The summed E-state index contributed by atoms with van der Waals surface area (Å²) in [7, 11) is 0. The number of nitrogens with one attached hydrogen (secondary N) is 1. The molecule has 5 nitrogen and oxygen atoms in total. The van der Waals surface area contributed by atoms with Gasteiger partial charge in [0.2, 0.25) is 11.8 Å². The Bertz CT molecular complexity index is 738. The van der Waals surface area contributed by atoms with Crippen LogP contribution < -0.4 is 5.32 Å². The van der Waals surface area contributed by atoms with E-state index in [-0.39, 0.29) is 11.8 Å². The van der Waals surface area contributed by atoms with Gasteiger partial charge in [-0.3, -0.25) is 9.59 Å². The van der Waals surface area contributed by atoms with Crippen LogP contribution in [-0.4, -0.2) is 43.0 Å². The number of rotatable bonds is 7. The van der Waals surface area contributed by atoms with E-state index in [1.807, 2.05) is 59.5 Å². The highest BCUT2D eigenvalue weighted by Crippen LogP contribution is 2.13. The van der Waals surface area contributed by atoms with Crippen molar-refractivity contribution in [2.24, 2.45) is 0 Å². The predicted octanol–water partition coefficient (Wildman–Crippen LogP) is 3.05. The second kappa shape index (κ2) is 9.88. The van der Waals surface area contributed by atoms with Crippen LogP contribution in [0.2, 0.25) is 0 Å². The molecule has 0 radical (unpaired) electrons. The molecule has 2 aromatic carbocycles. The normalized spacial score (nSPS) is 14.0. The molecule has 3 rings (SSSR count). The smallest absolute Gasteiger partial charge is 0.224 e. The number of hydrogen-bond acceptors (Lipinski definition) is 3. The topological polar surface area (TPSA) is 58.6 Å². The Kier molecular flexibility index (Phi) is 6.99. The Morgan fingerprint density at radius 2 is 1.48 bits per heavy atom. The van der Waals surface area contributed by atoms with Gasteiger partial charge in [-0.2, -0.15) is 0 Å². The van der Waals surface area contributed by atoms with Crippen molar-refractivity contribution < 1.29 is 14.3 Å². The third-order valence-electron chi connectivity index (χ3n) is 4.71. The second-order valence-corrected chi connectivity index (χ2v) is 6.72. The van der Waals surface area contributed by atoms with Gasteiger partial charge >= 0.3 is 0 Å². The Balaban J connectivity index is 1.41.